The fourth-order valence-corrected chi connectivity index (χ4v) is 4.00. The van der Waals surface area contributed by atoms with Crippen molar-refractivity contribution < 1.29 is 19.1 Å². The Balaban J connectivity index is 1.62. The minimum Gasteiger partial charge on any atom is -0.497 e. The molecular formula is C29H29ClN4O4. The van der Waals surface area contributed by atoms with E-state index in [1.807, 2.05) is 68.6 Å². The van der Waals surface area contributed by atoms with E-state index in [0.717, 1.165) is 17.0 Å². The maximum absolute atomic E-state index is 13.2. The van der Waals surface area contributed by atoms with Crippen molar-refractivity contribution in [2.45, 2.75) is 19.9 Å². The van der Waals surface area contributed by atoms with Gasteiger partial charge in [0.05, 0.1) is 19.9 Å². The second-order valence-corrected chi connectivity index (χ2v) is 9.26. The number of benzene rings is 3. The molecule has 8 nitrogen and oxygen atoms in total. The number of nitrogens with one attached hydrogen (secondary N) is 1. The zero-order valence-corrected chi connectivity index (χ0v) is 22.4. The van der Waals surface area contributed by atoms with E-state index < -0.39 is 0 Å². The molecule has 0 bridgehead atoms. The molecule has 0 aliphatic carbocycles. The summed E-state index contributed by atoms with van der Waals surface area (Å²) in [7, 11) is 3.21. The zero-order valence-electron chi connectivity index (χ0n) is 21.6. The van der Waals surface area contributed by atoms with E-state index >= 15 is 0 Å². The smallest absolute Gasteiger partial charge is 0.254 e. The van der Waals surface area contributed by atoms with Crippen LogP contribution in [0.15, 0.2) is 79.0 Å². The fraction of sp³-hybridized carbons (Fsp3) is 0.207. The van der Waals surface area contributed by atoms with Crippen molar-refractivity contribution in [2.24, 2.45) is 0 Å². The number of ether oxygens (including phenoxy) is 2. The molecule has 4 rings (SSSR count). The second kappa shape index (κ2) is 11.8. The van der Waals surface area contributed by atoms with Gasteiger partial charge in [0.1, 0.15) is 18.0 Å². The van der Waals surface area contributed by atoms with Crippen LogP contribution in [-0.4, -0.2) is 53.1 Å². The van der Waals surface area contributed by atoms with Gasteiger partial charge in [0.15, 0.2) is 0 Å². The maximum atomic E-state index is 13.2. The van der Waals surface area contributed by atoms with Gasteiger partial charge in [-0.15, -0.1) is 0 Å². The first-order chi connectivity index (χ1) is 18.3. The quantitative estimate of drug-likeness (QED) is 0.299. The van der Waals surface area contributed by atoms with Crippen molar-refractivity contribution in [3.63, 3.8) is 0 Å². The lowest BCUT2D eigenvalue weighted by molar-refractivity contribution is -0.117. The Labute approximate surface area is 226 Å². The van der Waals surface area contributed by atoms with Gasteiger partial charge in [-0.1, -0.05) is 11.6 Å². The van der Waals surface area contributed by atoms with E-state index in [1.54, 1.807) is 43.1 Å². The van der Waals surface area contributed by atoms with Gasteiger partial charge in [0.25, 0.3) is 5.91 Å². The summed E-state index contributed by atoms with van der Waals surface area (Å²) in [5.74, 6) is 1.14. The van der Waals surface area contributed by atoms with E-state index in [4.69, 9.17) is 26.1 Å². The summed E-state index contributed by atoms with van der Waals surface area (Å²) in [6, 6.07) is 21.3. The molecule has 0 fully saturated rings. The standard InChI is InChI=1S/C29H29ClN4O4/c1-19(2)33(28(36)21-5-9-22(30)10-6-21)18-27(35)32-29-31-26(20-7-13-24(37-3)14-8-20)17-34(29)23-11-15-25(38-4)16-12-23/h5-17,19H,18H2,1-4H3,(H,31,32,35). The molecule has 0 unspecified atom stereocenters. The number of anilines is 1. The Kier molecular flexibility index (Phi) is 8.33. The van der Waals surface area contributed by atoms with Crippen LogP contribution in [0.4, 0.5) is 5.95 Å². The van der Waals surface area contributed by atoms with Gasteiger partial charge >= 0.3 is 0 Å². The van der Waals surface area contributed by atoms with Gasteiger partial charge in [0, 0.05) is 34.1 Å². The normalized spacial score (nSPS) is 10.8. The van der Waals surface area contributed by atoms with Crippen LogP contribution in [0.5, 0.6) is 11.5 Å². The van der Waals surface area contributed by atoms with E-state index in [-0.39, 0.29) is 24.4 Å². The van der Waals surface area contributed by atoms with Gasteiger partial charge in [-0.05, 0) is 86.6 Å². The number of imidazole rings is 1. The fourth-order valence-electron chi connectivity index (χ4n) is 3.88. The molecule has 9 heteroatoms. The lowest BCUT2D eigenvalue weighted by atomic mass is 10.1. The molecule has 2 amide bonds. The summed E-state index contributed by atoms with van der Waals surface area (Å²) in [5.41, 5.74) is 2.76. The number of hydrogen-bond donors (Lipinski definition) is 1. The highest BCUT2D eigenvalue weighted by Crippen LogP contribution is 2.27. The molecule has 38 heavy (non-hydrogen) atoms. The molecule has 0 aliphatic heterocycles. The minimum atomic E-state index is -0.373. The maximum Gasteiger partial charge on any atom is 0.254 e. The van der Waals surface area contributed by atoms with Crippen LogP contribution in [0.3, 0.4) is 0 Å². The third kappa shape index (κ3) is 6.15. The van der Waals surface area contributed by atoms with Gasteiger partial charge in [-0.2, -0.15) is 0 Å². The number of carbonyl (C=O) groups excluding carboxylic acids is 2. The molecule has 3 aromatic carbocycles. The highest BCUT2D eigenvalue weighted by molar-refractivity contribution is 6.30. The van der Waals surface area contributed by atoms with Crippen molar-refractivity contribution in [1.29, 1.82) is 0 Å². The molecule has 1 aromatic heterocycles. The van der Waals surface area contributed by atoms with Gasteiger partial charge in [-0.25, -0.2) is 4.98 Å². The van der Waals surface area contributed by atoms with Crippen LogP contribution in [-0.2, 0) is 4.79 Å². The summed E-state index contributed by atoms with van der Waals surface area (Å²) in [5, 5.41) is 3.43. The number of nitrogens with zero attached hydrogens (tertiary/aromatic N) is 3. The first kappa shape index (κ1) is 26.8. The average molecular weight is 533 g/mol. The Morgan fingerprint density at radius 2 is 1.50 bits per heavy atom. The Morgan fingerprint density at radius 1 is 0.921 bits per heavy atom. The zero-order chi connectivity index (χ0) is 27.2. The van der Waals surface area contributed by atoms with Gasteiger partial charge in [0.2, 0.25) is 11.9 Å². The summed E-state index contributed by atoms with van der Waals surface area (Å²) < 4.78 is 12.3. The molecule has 0 saturated carbocycles. The van der Waals surface area contributed by atoms with Gasteiger partial charge in [-0.3, -0.25) is 19.5 Å². The largest absolute Gasteiger partial charge is 0.497 e. The van der Waals surface area contributed by atoms with E-state index in [1.165, 1.54) is 4.90 Å². The molecule has 196 valence electrons. The number of carbonyl (C=O) groups is 2. The molecule has 0 saturated heterocycles. The number of methoxy groups -OCH3 is 2. The predicted molar refractivity (Wildman–Crippen MR) is 148 cm³/mol. The lowest BCUT2D eigenvalue weighted by Crippen LogP contribution is -2.42. The predicted octanol–water partition coefficient (Wildman–Crippen LogP) is 5.70. The number of aromatic nitrogens is 2. The van der Waals surface area contributed by atoms with Crippen LogP contribution < -0.4 is 14.8 Å². The SMILES string of the molecule is COc1ccc(-c2cn(-c3ccc(OC)cc3)c(NC(=O)CN(C(=O)c3ccc(Cl)cc3)C(C)C)n2)cc1. The van der Waals surface area contributed by atoms with E-state index in [2.05, 4.69) is 5.32 Å². The van der Waals surface area contributed by atoms with Crippen molar-refractivity contribution in [2.75, 3.05) is 26.1 Å². The summed E-state index contributed by atoms with van der Waals surface area (Å²) in [4.78, 5) is 32.6. The highest BCUT2D eigenvalue weighted by Gasteiger charge is 2.23. The van der Waals surface area contributed by atoms with Crippen LogP contribution in [0.2, 0.25) is 5.02 Å². The minimum absolute atomic E-state index is 0.146. The molecule has 0 radical (unpaired) electrons. The summed E-state index contributed by atoms with van der Waals surface area (Å²) in [6.07, 6.45) is 1.85. The molecule has 4 aromatic rings. The highest BCUT2D eigenvalue weighted by atomic mass is 35.5. The molecule has 0 aliphatic rings. The van der Waals surface area contributed by atoms with Crippen LogP contribution in [0.25, 0.3) is 16.9 Å². The second-order valence-electron chi connectivity index (χ2n) is 8.83. The molecule has 0 spiro atoms. The number of halogens is 1. The third-order valence-electron chi connectivity index (χ3n) is 5.98. The van der Waals surface area contributed by atoms with Crippen molar-refractivity contribution in [1.82, 2.24) is 14.5 Å². The summed E-state index contributed by atoms with van der Waals surface area (Å²) in [6.45, 7) is 3.58. The average Bonchev–Trinajstić information content (AvgIpc) is 3.35. The third-order valence-corrected chi connectivity index (χ3v) is 6.23. The van der Waals surface area contributed by atoms with Gasteiger partial charge < -0.3 is 14.4 Å². The molecule has 1 N–H and O–H groups in total. The Morgan fingerprint density at radius 3 is 2.05 bits per heavy atom. The number of amides is 2. The molecular weight excluding hydrogens is 504 g/mol. The number of hydrogen-bond acceptors (Lipinski definition) is 5. The molecule has 1 heterocycles. The van der Waals surface area contributed by atoms with Crippen molar-refractivity contribution in [3.8, 4) is 28.4 Å². The topological polar surface area (TPSA) is 85.7 Å². The van der Waals surface area contributed by atoms with E-state index in [0.29, 0.717) is 28.0 Å². The van der Waals surface area contributed by atoms with Crippen LogP contribution in [0.1, 0.15) is 24.2 Å². The number of rotatable bonds is 9. The molecule has 0 atom stereocenters. The summed E-state index contributed by atoms with van der Waals surface area (Å²) >= 11 is 5.97. The van der Waals surface area contributed by atoms with Crippen LogP contribution in [0, 0.1) is 0 Å². The Hall–Kier alpha value is -4.30. The van der Waals surface area contributed by atoms with Crippen LogP contribution >= 0.6 is 11.6 Å². The van der Waals surface area contributed by atoms with Crippen molar-refractivity contribution >= 4 is 29.4 Å². The lowest BCUT2D eigenvalue weighted by Gasteiger charge is -2.26. The Bertz CT molecular complexity index is 1400. The van der Waals surface area contributed by atoms with Crippen molar-refractivity contribution in [3.05, 3.63) is 89.6 Å². The first-order valence-corrected chi connectivity index (χ1v) is 12.4. The first-order valence-electron chi connectivity index (χ1n) is 12.0. The van der Waals surface area contributed by atoms with E-state index in [9.17, 15) is 9.59 Å². The monoisotopic (exact) mass is 532 g/mol.